The molecule has 0 saturated carbocycles. The second-order valence-corrected chi connectivity index (χ2v) is 4.50. The maximum absolute atomic E-state index is 2.35. The second-order valence-electron chi connectivity index (χ2n) is 4.50. The van der Waals surface area contributed by atoms with Gasteiger partial charge in [-0.1, -0.05) is 13.3 Å². The Morgan fingerprint density at radius 2 is 2.00 bits per heavy atom. The molecule has 0 aliphatic carbocycles. The zero-order chi connectivity index (χ0) is 11.5. The minimum Gasteiger partial charge on any atom is -0.378 e. The van der Waals surface area contributed by atoms with Crippen molar-refractivity contribution in [2.24, 2.45) is 0 Å². The van der Waals surface area contributed by atoms with Gasteiger partial charge in [-0.25, -0.2) is 0 Å². The molecule has 1 aromatic carbocycles. The molecule has 0 radical (unpaired) electrons. The van der Waals surface area contributed by atoms with Crippen molar-refractivity contribution in [3.05, 3.63) is 30.5 Å². The molecule has 1 heterocycles. The molecule has 2 rings (SSSR count). The zero-order valence-corrected chi connectivity index (χ0v) is 10.4. The molecule has 86 valence electrons. The summed E-state index contributed by atoms with van der Waals surface area (Å²) in [5.41, 5.74) is 2.61. The molecule has 16 heavy (non-hydrogen) atoms. The number of hydrogen-bond donors (Lipinski definition) is 0. The fourth-order valence-electron chi connectivity index (χ4n) is 1.99. The van der Waals surface area contributed by atoms with Crippen molar-refractivity contribution in [3.8, 4) is 0 Å². The highest BCUT2D eigenvalue weighted by Crippen LogP contribution is 2.22. The van der Waals surface area contributed by atoms with Gasteiger partial charge in [-0.05, 0) is 30.7 Å². The molecule has 2 aromatic rings. The highest BCUT2D eigenvalue weighted by molar-refractivity contribution is 5.83. The largest absolute Gasteiger partial charge is 0.378 e. The molecular weight excluding hydrogens is 196 g/mol. The third kappa shape index (κ3) is 2.06. The molecule has 2 nitrogen and oxygen atoms in total. The molecule has 0 fully saturated rings. The van der Waals surface area contributed by atoms with Crippen LogP contribution in [0.3, 0.4) is 0 Å². The Labute approximate surface area is 97.5 Å². The van der Waals surface area contributed by atoms with E-state index in [-0.39, 0.29) is 0 Å². The van der Waals surface area contributed by atoms with Crippen LogP contribution in [0.15, 0.2) is 30.5 Å². The third-order valence-electron chi connectivity index (χ3n) is 3.02. The van der Waals surface area contributed by atoms with Gasteiger partial charge < -0.3 is 9.47 Å². The third-order valence-corrected chi connectivity index (χ3v) is 3.02. The summed E-state index contributed by atoms with van der Waals surface area (Å²) in [6.45, 7) is 3.36. The topological polar surface area (TPSA) is 8.17 Å². The Balaban J connectivity index is 2.35. The number of rotatable bonds is 4. The summed E-state index contributed by atoms with van der Waals surface area (Å²) in [6.07, 6.45) is 4.69. The van der Waals surface area contributed by atoms with E-state index in [0.29, 0.717) is 0 Å². The van der Waals surface area contributed by atoms with E-state index < -0.39 is 0 Å². The van der Waals surface area contributed by atoms with Crippen molar-refractivity contribution in [1.29, 1.82) is 0 Å². The fraction of sp³-hybridized carbons (Fsp3) is 0.429. The first-order valence-corrected chi connectivity index (χ1v) is 5.98. The van der Waals surface area contributed by atoms with Crippen molar-refractivity contribution in [2.75, 3.05) is 19.0 Å². The lowest BCUT2D eigenvalue weighted by molar-refractivity contribution is 0.650. The first kappa shape index (κ1) is 11.1. The van der Waals surface area contributed by atoms with E-state index in [0.717, 1.165) is 6.54 Å². The van der Waals surface area contributed by atoms with Crippen LogP contribution in [0.1, 0.15) is 19.8 Å². The van der Waals surface area contributed by atoms with E-state index in [2.05, 4.69) is 60.9 Å². The SMILES string of the molecule is CCCCn1ccc2cc(N(C)C)ccc21. The minimum absolute atomic E-state index is 1.13. The van der Waals surface area contributed by atoms with Crippen LogP contribution in [0.5, 0.6) is 0 Å². The van der Waals surface area contributed by atoms with Crippen molar-refractivity contribution < 1.29 is 0 Å². The van der Waals surface area contributed by atoms with E-state index in [9.17, 15) is 0 Å². The number of hydrogen-bond acceptors (Lipinski definition) is 1. The number of aryl methyl sites for hydroxylation is 1. The highest BCUT2D eigenvalue weighted by atomic mass is 15.1. The van der Waals surface area contributed by atoms with Crippen molar-refractivity contribution >= 4 is 16.6 Å². The van der Waals surface area contributed by atoms with Crippen molar-refractivity contribution in [3.63, 3.8) is 0 Å². The molecule has 0 aliphatic rings. The Kier molecular flexibility index (Phi) is 3.18. The van der Waals surface area contributed by atoms with Crippen molar-refractivity contribution in [1.82, 2.24) is 4.57 Å². The van der Waals surface area contributed by atoms with Crippen LogP contribution in [0.4, 0.5) is 5.69 Å². The standard InChI is InChI=1S/C14H20N2/c1-4-5-9-16-10-8-12-11-13(15(2)3)6-7-14(12)16/h6-8,10-11H,4-5,9H2,1-3H3. The van der Waals surface area contributed by atoms with Gasteiger partial charge in [0.05, 0.1) is 0 Å². The summed E-state index contributed by atoms with van der Waals surface area (Å²) >= 11 is 0. The summed E-state index contributed by atoms with van der Waals surface area (Å²) < 4.78 is 2.35. The van der Waals surface area contributed by atoms with E-state index in [4.69, 9.17) is 0 Å². The molecule has 0 amide bonds. The molecule has 0 atom stereocenters. The molecule has 0 N–H and O–H groups in total. The van der Waals surface area contributed by atoms with Crippen LogP contribution in [0, 0.1) is 0 Å². The van der Waals surface area contributed by atoms with Gasteiger partial charge in [0.15, 0.2) is 0 Å². The Morgan fingerprint density at radius 3 is 2.69 bits per heavy atom. The average molecular weight is 216 g/mol. The Hall–Kier alpha value is -1.44. The lowest BCUT2D eigenvalue weighted by atomic mass is 10.2. The summed E-state index contributed by atoms with van der Waals surface area (Å²) in [4.78, 5) is 2.14. The van der Waals surface area contributed by atoms with E-state index in [1.54, 1.807) is 0 Å². The number of unbranched alkanes of at least 4 members (excludes halogenated alkanes) is 1. The number of nitrogens with zero attached hydrogens (tertiary/aromatic N) is 2. The minimum atomic E-state index is 1.13. The summed E-state index contributed by atoms with van der Waals surface area (Å²) in [6, 6.07) is 8.86. The Bertz CT molecular complexity index is 469. The van der Waals surface area contributed by atoms with Crippen LogP contribution in [0.2, 0.25) is 0 Å². The highest BCUT2D eigenvalue weighted by Gasteiger charge is 2.02. The average Bonchev–Trinajstić information content (AvgIpc) is 2.68. The second kappa shape index (κ2) is 4.60. The normalized spacial score (nSPS) is 10.9. The van der Waals surface area contributed by atoms with Gasteiger partial charge in [-0.15, -0.1) is 0 Å². The molecule has 0 bridgehead atoms. The quantitative estimate of drug-likeness (QED) is 0.759. The van der Waals surface area contributed by atoms with E-state index in [1.165, 1.54) is 29.4 Å². The predicted molar refractivity (Wildman–Crippen MR) is 71.2 cm³/mol. The maximum atomic E-state index is 2.35. The van der Waals surface area contributed by atoms with E-state index in [1.807, 2.05) is 0 Å². The molecule has 0 aliphatic heterocycles. The molecule has 2 heteroatoms. The lowest BCUT2D eigenvalue weighted by Gasteiger charge is -2.12. The van der Waals surface area contributed by atoms with Gasteiger partial charge in [0.25, 0.3) is 0 Å². The van der Waals surface area contributed by atoms with Crippen molar-refractivity contribution in [2.45, 2.75) is 26.3 Å². The smallest absolute Gasteiger partial charge is 0.0481 e. The van der Waals surface area contributed by atoms with E-state index >= 15 is 0 Å². The van der Waals surface area contributed by atoms with Gasteiger partial charge >= 0.3 is 0 Å². The van der Waals surface area contributed by atoms with Gasteiger partial charge in [0.2, 0.25) is 0 Å². The number of aromatic nitrogens is 1. The predicted octanol–water partition coefficient (Wildman–Crippen LogP) is 3.51. The molecule has 0 saturated heterocycles. The maximum Gasteiger partial charge on any atom is 0.0481 e. The number of anilines is 1. The van der Waals surface area contributed by atoms with Crippen LogP contribution in [-0.4, -0.2) is 18.7 Å². The van der Waals surface area contributed by atoms with Crippen LogP contribution in [0.25, 0.3) is 10.9 Å². The Morgan fingerprint density at radius 1 is 1.19 bits per heavy atom. The number of benzene rings is 1. The fourth-order valence-corrected chi connectivity index (χ4v) is 1.99. The molecular formula is C14H20N2. The first-order chi connectivity index (χ1) is 7.72. The van der Waals surface area contributed by atoms with Gasteiger partial charge in [-0.2, -0.15) is 0 Å². The summed E-state index contributed by atoms with van der Waals surface area (Å²) in [5, 5.41) is 1.34. The zero-order valence-electron chi connectivity index (χ0n) is 10.4. The lowest BCUT2D eigenvalue weighted by Crippen LogP contribution is -2.08. The molecule has 0 spiro atoms. The first-order valence-electron chi connectivity index (χ1n) is 5.98. The van der Waals surface area contributed by atoms with Crippen LogP contribution >= 0.6 is 0 Å². The van der Waals surface area contributed by atoms with Gasteiger partial charge in [0, 0.05) is 43.4 Å². The summed E-state index contributed by atoms with van der Waals surface area (Å²) in [7, 11) is 4.16. The monoisotopic (exact) mass is 216 g/mol. The van der Waals surface area contributed by atoms with Gasteiger partial charge in [-0.3, -0.25) is 0 Å². The summed E-state index contributed by atoms with van der Waals surface area (Å²) in [5.74, 6) is 0. The van der Waals surface area contributed by atoms with Gasteiger partial charge in [0.1, 0.15) is 0 Å². The number of fused-ring (bicyclic) bond motifs is 1. The molecule has 0 unspecified atom stereocenters. The van der Waals surface area contributed by atoms with Crippen LogP contribution in [-0.2, 0) is 6.54 Å². The van der Waals surface area contributed by atoms with Crippen LogP contribution < -0.4 is 4.90 Å². The molecule has 1 aromatic heterocycles.